The highest BCUT2D eigenvalue weighted by Crippen LogP contribution is 2.31. The molecule has 1 unspecified atom stereocenters. The van der Waals surface area contributed by atoms with E-state index in [1.54, 1.807) is 0 Å². The predicted molar refractivity (Wildman–Crippen MR) is 94.3 cm³/mol. The molecular formula is C19H32N2. The van der Waals surface area contributed by atoms with Gasteiger partial charge < -0.3 is 10.2 Å². The standard InChI is InChI=1S/C19H32N2/c1-3-4-5-6-7-8-9-12-15-21-17(2)16-20-18-13-10-11-14-19(18)21/h10-11,13-14,17,20H,3-9,12,15-16H2,1-2H3. The van der Waals surface area contributed by atoms with Gasteiger partial charge in [0.15, 0.2) is 0 Å². The van der Waals surface area contributed by atoms with Crippen LogP contribution in [0, 0.1) is 0 Å². The van der Waals surface area contributed by atoms with Gasteiger partial charge in [0.2, 0.25) is 0 Å². The van der Waals surface area contributed by atoms with Gasteiger partial charge in [0.05, 0.1) is 11.4 Å². The molecule has 1 N–H and O–H groups in total. The number of anilines is 2. The minimum atomic E-state index is 0.601. The molecule has 1 aromatic carbocycles. The van der Waals surface area contributed by atoms with E-state index in [-0.39, 0.29) is 0 Å². The van der Waals surface area contributed by atoms with Crippen molar-refractivity contribution in [1.29, 1.82) is 0 Å². The summed E-state index contributed by atoms with van der Waals surface area (Å²) >= 11 is 0. The second-order valence-electron chi connectivity index (χ2n) is 6.42. The highest BCUT2D eigenvalue weighted by atomic mass is 15.2. The van der Waals surface area contributed by atoms with Gasteiger partial charge >= 0.3 is 0 Å². The van der Waals surface area contributed by atoms with E-state index in [0.717, 1.165) is 6.54 Å². The van der Waals surface area contributed by atoms with Crippen molar-refractivity contribution in [3.63, 3.8) is 0 Å². The van der Waals surface area contributed by atoms with Crippen molar-refractivity contribution in [1.82, 2.24) is 0 Å². The second kappa shape index (κ2) is 8.96. The number of hydrogen-bond donors (Lipinski definition) is 1. The molecule has 0 saturated heterocycles. The van der Waals surface area contributed by atoms with Crippen LogP contribution in [0.25, 0.3) is 0 Å². The van der Waals surface area contributed by atoms with Crippen molar-refractivity contribution in [2.45, 2.75) is 71.3 Å². The normalized spacial score (nSPS) is 17.4. The van der Waals surface area contributed by atoms with Crippen molar-refractivity contribution in [3.05, 3.63) is 24.3 Å². The van der Waals surface area contributed by atoms with E-state index in [1.807, 2.05) is 0 Å². The fourth-order valence-corrected chi connectivity index (χ4v) is 3.24. The molecule has 0 aliphatic carbocycles. The van der Waals surface area contributed by atoms with Crippen molar-refractivity contribution < 1.29 is 0 Å². The monoisotopic (exact) mass is 288 g/mol. The van der Waals surface area contributed by atoms with E-state index in [4.69, 9.17) is 0 Å². The van der Waals surface area contributed by atoms with Gasteiger partial charge in [0, 0.05) is 19.1 Å². The molecule has 1 atom stereocenters. The topological polar surface area (TPSA) is 15.3 Å². The van der Waals surface area contributed by atoms with Gasteiger partial charge in [-0.1, -0.05) is 64.0 Å². The predicted octanol–water partition coefficient (Wildman–Crippen LogP) is 5.45. The molecule has 0 spiro atoms. The van der Waals surface area contributed by atoms with Gasteiger partial charge in [-0.15, -0.1) is 0 Å². The Morgan fingerprint density at radius 2 is 1.67 bits per heavy atom. The zero-order valence-electron chi connectivity index (χ0n) is 13.9. The highest BCUT2D eigenvalue weighted by Gasteiger charge is 2.21. The Hall–Kier alpha value is -1.18. The largest absolute Gasteiger partial charge is 0.381 e. The third-order valence-corrected chi connectivity index (χ3v) is 4.59. The van der Waals surface area contributed by atoms with Crippen LogP contribution >= 0.6 is 0 Å². The molecule has 1 aliphatic heterocycles. The van der Waals surface area contributed by atoms with Crippen molar-refractivity contribution in [2.75, 3.05) is 23.3 Å². The maximum atomic E-state index is 3.53. The lowest BCUT2D eigenvalue weighted by molar-refractivity contribution is 0.555. The SMILES string of the molecule is CCCCCCCCCCN1c2ccccc2NCC1C. The van der Waals surface area contributed by atoms with E-state index in [9.17, 15) is 0 Å². The lowest BCUT2D eigenvalue weighted by Gasteiger charge is -2.37. The van der Waals surface area contributed by atoms with E-state index < -0.39 is 0 Å². The molecule has 1 aliphatic rings. The number of benzene rings is 1. The number of fused-ring (bicyclic) bond motifs is 1. The average molecular weight is 288 g/mol. The molecule has 0 radical (unpaired) electrons. The first-order chi connectivity index (χ1) is 10.3. The Morgan fingerprint density at radius 1 is 1.00 bits per heavy atom. The van der Waals surface area contributed by atoms with E-state index in [1.165, 1.54) is 69.3 Å². The third-order valence-electron chi connectivity index (χ3n) is 4.59. The van der Waals surface area contributed by atoms with Crippen LogP contribution in [0.15, 0.2) is 24.3 Å². The molecule has 2 heteroatoms. The summed E-state index contributed by atoms with van der Waals surface area (Å²) in [6.07, 6.45) is 11.2. The lowest BCUT2D eigenvalue weighted by atomic mass is 10.1. The molecule has 1 heterocycles. The molecule has 0 aromatic heterocycles. The highest BCUT2D eigenvalue weighted by molar-refractivity contribution is 5.72. The summed E-state index contributed by atoms with van der Waals surface area (Å²) < 4.78 is 0. The summed E-state index contributed by atoms with van der Waals surface area (Å²) in [5.41, 5.74) is 2.69. The third kappa shape index (κ3) is 4.94. The van der Waals surface area contributed by atoms with Gasteiger partial charge in [-0.25, -0.2) is 0 Å². The number of para-hydroxylation sites is 2. The van der Waals surface area contributed by atoms with Crippen LogP contribution in [0.2, 0.25) is 0 Å². The van der Waals surface area contributed by atoms with E-state index >= 15 is 0 Å². The quantitative estimate of drug-likeness (QED) is 0.608. The Labute approximate surface area is 130 Å². The van der Waals surface area contributed by atoms with Crippen molar-refractivity contribution in [3.8, 4) is 0 Å². The van der Waals surface area contributed by atoms with Crippen molar-refractivity contribution >= 4 is 11.4 Å². The molecular weight excluding hydrogens is 256 g/mol. The number of rotatable bonds is 9. The summed E-state index contributed by atoms with van der Waals surface area (Å²) in [5, 5.41) is 3.53. The average Bonchev–Trinajstić information content (AvgIpc) is 2.51. The Kier molecular flexibility index (Phi) is 6.91. The summed E-state index contributed by atoms with van der Waals surface area (Å²) in [5.74, 6) is 0. The number of hydrogen-bond acceptors (Lipinski definition) is 2. The molecule has 2 nitrogen and oxygen atoms in total. The Morgan fingerprint density at radius 3 is 2.43 bits per heavy atom. The molecule has 0 amide bonds. The summed E-state index contributed by atoms with van der Waals surface area (Å²) in [6.45, 7) is 6.88. The summed E-state index contributed by atoms with van der Waals surface area (Å²) in [7, 11) is 0. The first kappa shape index (κ1) is 16.2. The maximum absolute atomic E-state index is 3.53. The van der Waals surface area contributed by atoms with Crippen molar-refractivity contribution in [2.24, 2.45) is 0 Å². The molecule has 21 heavy (non-hydrogen) atoms. The number of unbranched alkanes of at least 4 members (excludes halogenated alkanes) is 7. The number of nitrogens with zero attached hydrogens (tertiary/aromatic N) is 1. The molecule has 2 rings (SSSR count). The summed E-state index contributed by atoms with van der Waals surface area (Å²) in [4.78, 5) is 2.59. The van der Waals surface area contributed by atoms with Crippen LogP contribution in [0.3, 0.4) is 0 Å². The van der Waals surface area contributed by atoms with Crippen LogP contribution in [0.5, 0.6) is 0 Å². The Bertz CT molecular complexity index is 402. The van der Waals surface area contributed by atoms with E-state index in [0.29, 0.717) is 6.04 Å². The molecule has 118 valence electrons. The summed E-state index contributed by atoms with van der Waals surface area (Å²) in [6, 6.07) is 9.32. The van der Waals surface area contributed by atoms with Crippen LogP contribution in [0.1, 0.15) is 65.2 Å². The molecule has 1 aromatic rings. The molecule has 0 saturated carbocycles. The fourth-order valence-electron chi connectivity index (χ4n) is 3.24. The molecule has 0 fully saturated rings. The second-order valence-corrected chi connectivity index (χ2v) is 6.42. The zero-order chi connectivity index (χ0) is 14.9. The van der Waals surface area contributed by atoms with E-state index in [2.05, 4.69) is 48.3 Å². The van der Waals surface area contributed by atoms with Crippen LogP contribution in [-0.4, -0.2) is 19.1 Å². The number of nitrogens with one attached hydrogen (secondary N) is 1. The first-order valence-electron chi connectivity index (χ1n) is 8.92. The molecule has 0 bridgehead atoms. The first-order valence-corrected chi connectivity index (χ1v) is 8.92. The van der Waals surface area contributed by atoms with Crippen LogP contribution in [-0.2, 0) is 0 Å². The minimum Gasteiger partial charge on any atom is -0.381 e. The lowest BCUT2D eigenvalue weighted by Crippen LogP contribution is -2.42. The van der Waals surface area contributed by atoms with Gasteiger partial charge in [0.25, 0.3) is 0 Å². The van der Waals surface area contributed by atoms with Crippen LogP contribution < -0.4 is 10.2 Å². The Balaban J connectivity index is 1.68. The van der Waals surface area contributed by atoms with Gasteiger partial charge in [-0.2, -0.15) is 0 Å². The van der Waals surface area contributed by atoms with Gasteiger partial charge in [-0.05, 0) is 25.5 Å². The van der Waals surface area contributed by atoms with Gasteiger partial charge in [-0.3, -0.25) is 0 Å². The smallest absolute Gasteiger partial charge is 0.0605 e. The van der Waals surface area contributed by atoms with Crippen LogP contribution in [0.4, 0.5) is 11.4 Å². The zero-order valence-corrected chi connectivity index (χ0v) is 13.9. The van der Waals surface area contributed by atoms with Gasteiger partial charge in [0.1, 0.15) is 0 Å². The minimum absolute atomic E-state index is 0.601. The fraction of sp³-hybridized carbons (Fsp3) is 0.684. The maximum Gasteiger partial charge on any atom is 0.0605 e.